The first-order valence-electron chi connectivity index (χ1n) is 6.96. The minimum Gasteiger partial charge on any atom is -0.337 e. The molecule has 0 fully saturated rings. The lowest BCUT2D eigenvalue weighted by molar-refractivity contribution is 0.370. The highest BCUT2D eigenvalue weighted by Crippen LogP contribution is 2.17. The van der Waals surface area contributed by atoms with Crippen molar-refractivity contribution < 1.29 is 4.52 Å². The number of hydrogen-bond acceptors (Lipinski definition) is 6. The molecule has 7 nitrogen and oxygen atoms in total. The molecule has 3 rings (SSSR count). The van der Waals surface area contributed by atoms with Gasteiger partial charge in [-0.1, -0.05) is 30.3 Å². The zero-order valence-electron chi connectivity index (χ0n) is 12.2. The number of nitrogens with two attached hydrogens (primary N) is 1. The van der Waals surface area contributed by atoms with Gasteiger partial charge in [-0.25, -0.2) is 4.98 Å². The van der Waals surface area contributed by atoms with Gasteiger partial charge in [-0.2, -0.15) is 10.1 Å². The molecule has 0 aliphatic carbocycles. The number of aryl methyl sites for hydroxylation is 1. The molecule has 0 aliphatic heterocycles. The van der Waals surface area contributed by atoms with Crippen molar-refractivity contribution in [2.75, 3.05) is 0 Å². The lowest BCUT2D eigenvalue weighted by Gasteiger charge is -2.01. The third kappa shape index (κ3) is 2.88. The average molecular weight is 296 g/mol. The molecule has 0 spiro atoms. The summed E-state index contributed by atoms with van der Waals surface area (Å²) >= 11 is 0. The maximum Gasteiger partial charge on any atom is 0.246 e. The summed E-state index contributed by atoms with van der Waals surface area (Å²) < 4.78 is 7.32. The van der Waals surface area contributed by atoms with Crippen LogP contribution in [0, 0.1) is 0 Å². The van der Waals surface area contributed by atoms with Gasteiger partial charge >= 0.3 is 0 Å². The van der Waals surface area contributed by atoms with Crippen molar-refractivity contribution >= 4 is 6.21 Å². The van der Waals surface area contributed by atoms with E-state index in [1.165, 1.54) is 0 Å². The van der Waals surface area contributed by atoms with Gasteiger partial charge in [0.2, 0.25) is 11.7 Å². The largest absolute Gasteiger partial charge is 0.337 e. The number of aromatic nitrogens is 4. The molecule has 1 aromatic carbocycles. The Hall–Kier alpha value is -2.96. The predicted octanol–water partition coefficient (Wildman–Crippen LogP) is 1.84. The topological polar surface area (TPSA) is 95.1 Å². The zero-order chi connectivity index (χ0) is 15.4. The van der Waals surface area contributed by atoms with E-state index in [1.54, 1.807) is 12.4 Å². The quantitative estimate of drug-likeness (QED) is 0.440. The van der Waals surface area contributed by atoms with Crippen LogP contribution in [0.25, 0.3) is 11.4 Å². The van der Waals surface area contributed by atoms with E-state index in [9.17, 15) is 0 Å². The van der Waals surface area contributed by atoms with Crippen LogP contribution < -0.4 is 5.84 Å². The highest BCUT2D eigenvalue weighted by molar-refractivity contribution is 5.81. The van der Waals surface area contributed by atoms with Crippen LogP contribution in [0.5, 0.6) is 0 Å². The predicted molar refractivity (Wildman–Crippen MR) is 82.2 cm³/mol. The number of nitrogens with zero attached hydrogens (tertiary/aromatic N) is 5. The molecule has 0 aliphatic rings. The normalized spacial score (nSPS) is 11.3. The zero-order valence-corrected chi connectivity index (χ0v) is 12.2. The molecule has 2 aromatic heterocycles. The molecule has 7 heteroatoms. The lowest BCUT2D eigenvalue weighted by Crippen LogP contribution is -2.03. The number of rotatable bonds is 5. The highest BCUT2D eigenvalue weighted by atomic mass is 16.5. The van der Waals surface area contributed by atoms with Gasteiger partial charge in [0.1, 0.15) is 12.4 Å². The summed E-state index contributed by atoms with van der Waals surface area (Å²) in [7, 11) is 0. The van der Waals surface area contributed by atoms with Crippen LogP contribution in [-0.4, -0.2) is 25.9 Å². The molecule has 0 unspecified atom stereocenters. The van der Waals surface area contributed by atoms with E-state index in [2.05, 4.69) is 27.1 Å². The molecule has 3 aromatic rings. The molecular formula is C15H16N6O. The molecule has 2 N–H and O–H groups in total. The Balaban J connectivity index is 1.83. The van der Waals surface area contributed by atoms with Crippen LogP contribution in [0.2, 0.25) is 0 Å². The number of hydrogen-bond donors (Lipinski definition) is 1. The number of hydrazone groups is 1. The molecule has 0 amide bonds. The van der Waals surface area contributed by atoms with E-state index < -0.39 is 0 Å². The van der Waals surface area contributed by atoms with Gasteiger partial charge in [0.05, 0.1) is 6.21 Å². The fourth-order valence-corrected chi connectivity index (χ4v) is 2.22. The van der Waals surface area contributed by atoms with Gasteiger partial charge in [-0.3, -0.25) is 0 Å². The van der Waals surface area contributed by atoms with Crippen molar-refractivity contribution in [2.24, 2.45) is 10.9 Å². The van der Waals surface area contributed by atoms with E-state index >= 15 is 0 Å². The van der Waals surface area contributed by atoms with Gasteiger partial charge in [-0.05, 0) is 11.6 Å². The third-order valence-corrected chi connectivity index (χ3v) is 3.26. The van der Waals surface area contributed by atoms with Gasteiger partial charge in [0, 0.05) is 24.4 Å². The molecule has 0 atom stereocenters. The SMILES string of the molecule is CCc1nccn1Cc1nc(-c2cccc(C=NN)c2)no1. The molecule has 0 saturated carbocycles. The Morgan fingerprint density at radius 2 is 2.32 bits per heavy atom. The molecule has 2 heterocycles. The molecule has 0 saturated heterocycles. The molecule has 0 radical (unpaired) electrons. The Morgan fingerprint density at radius 1 is 1.41 bits per heavy atom. The summed E-state index contributed by atoms with van der Waals surface area (Å²) in [5.41, 5.74) is 1.74. The van der Waals surface area contributed by atoms with Crippen LogP contribution in [0.4, 0.5) is 0 Å². The monoisotopic (exact) mass is 296 g/mol. The average Bonchev–Trinajstić information content (AvgIpc) is 3.17. The first kappa shape index (κ1) is 14.0. The Labute approximate surface area is 127 Å². The van der Waals surface area contributed by atoms with Crippen molar-refractivity contribution in [1.82, 2.24) is 19.7 Å². The van der Waals surface area contributed by atoms with Crippen molar-refractivity contribution in [3.8, 4) is 11.4 Å². The van der Waals surface area contributed by atoms with E-state index in [-0.39, 0.29) is 0 Å². The maximum absolute atomic E-state index is 5.32. The summed E-state index contributed by atoms with van der Waals surface area (Å²) in [4.78, 5) is 8.70. The molecule has 112 valence electrons. The first-order chi connectivity index (χ1) is 10.8. The van der Waals surface area contributed by atoms with E-state index in [0.29, 0.717) is 18.3 Å². The fourth-order valence-electron chi connectivity index (χ4n) is 2.22. The van der Waals surface area contributed by atoms with Gasteiger partial charge in [0.15, 0.2) is 0 Å². The Kier molecular flexibility index (Phi) is 3.95. The fraction of sp³-hybridized carbons (Fsp3) is 0.200. The highest BCUT2D eigenvalue weighted by Gasteiger charge is 2.10. The molecule has 0 bridgehead atoms. The van der Waals surface area contributed by atoms with Crippen molar-refractivity contribution in [1.29, 1.82) is 0 Å². The summed E-state index contributed by atoms with van der Waals surface area (Å²) in [6.45, 7) is 2.57. The first-order valence-corrected chi connectivity index (χ1v) is 6.96. The van der Waals surface area contributed by atoms with Crippen LogP contribution in [0.1, 0.15) is 24.2 Å². The Bertz CT molecular complexity index is 789. The third-order valence-electron chi connectivity index (χ3n) is 3.26. The van der Waals surface area contributed by atoms with Gasteiger partial charge in [0.25, 0.3) is 0 Å². The van der Waals surface area contributed by atoms with Crippen LogP contribution in [0.3, 0.4) is 0 Å². The number of imidazole rings is 1. The minimum atomic E-state index is 0.514. The lowest BCUT2D eigenvalue weighted by atomic mass is 10.1. The summed E-state index contributed by atoms with van der Waals surface area (Å²) in [5, 5.41) is 7.54. The van der Waals surface area contributed by atoms with E-state index in [0.717, 1.165) is 23.4 Å². The second kappa shape index (κ2) is 6.21. The minimum absolute atomic E-state index is 0.514. The Morgan fingerprint density at radius 3 is 3.14 bits per heavy atom. The summed E-state index contributed by atoms with van der Waals surface area (Å²) in [6.07, 6.45) is 6.10. The molecule has 22 heavy (non-hydrogen) atoms. The maximum atomic E-state index is 5.32. The summed E-state index contributed by atoms with van der Waals surface area (Å²) in [5.74, 6) is 7.24. The second-order valence-electron chi connectivity index (χ2n) is 4.74. The smallest absolute Gasteiger partial charge is 0.246 e. The second-order valence-corrected chi connectivity index (χ2v) is 4.74. The molecular weight excluding hydrogens is 280 g/mol. The van der Waals surface area contributed by atoms with Crippen LogP contribution >= 0.6 is 0 Å². The summed E-state index contributed by atoms with van der Waals surface area (Å²) in [6, 6.07) is 7.62. The van der Waals surface area contributed by atoms with Crippen molar-refractivity contribution in [3.63, 3.8) is 0 Å². The van der Waals surface area contributed by atoms with Crippen molar-refractivity contribution in [3.05, 3.63) is 53.9 Å². The number of benzene rings is 1. The van der Waals surface area contributed by atoms with E-state index in [1.807, 2.05) is 35.0 Å². The standard InChI is InChI=1S/C15H16N6O/c1-2-13-17-6-7-21(13)10-14-19-15(20-22-14)12-5-3-4-11(8-12)9-18-16/h3-9H,2,10,16H2,1H3. The van der Waals surface area contributed by atoms with Crippen LogP contribution in [0.15, 0.2) is 46.3 Å². The van der Waals surface area contributed by atoms with Crippen LogP contribution in [-0.2, 0) is 13.0 Å². The van der Waals surface area contributed by atoms with Gasteiger partial charge < -0.3 is 14.9 Å². The van der Waals surface area contributed by atoms with Gasteiger partial charge in [-0.15, -0.1) is 0 Å². The van der Waals surface area contributed by atoms with Crippen molar-refractivity contribution in [2.45, 2.75) is 19.9 Å². The van der Waals surface area contributed by atoms with E-state index in [4.69, 9.17) is 10.4 Å².